The molecule has 0 bridgehead atoms. The Morgan fingerprint density at radius 3 is 2.94 bits per heavy atom. The first-order valence-corrected chi connectivity index (χ1v) is 5.75. The van der Waals surface area contributed by atoms with Gasteiger partial charge in [-0.05, 0) is 26.3 Å². The van der Waals surface area contributed by atoms with E-state index in [2.05, 4.69) is 15.3 Å². The van der Waals surface area contributed by atoms with Gasteiger partial charge in [0.15, 0.2) is 0 Å². The molecule has 0 fully saturated rings. The predicted molar refractivity (Wildman–Crippen MR) is 64.6 cm³/mol. The number of hydrogen-bond donors (Lipinski definition) is 2. The molecule has 0 aliphatic carbocycles. The monoisotopic (exact) mass is 224 g/mol. The van der Waals surface area contributed by atoms with Crippen LogP contribution < -0.4 is 15.8 Å². The van der Waals surface area contributed by atoms with E-state index < -0.39 is 0 Å². The molecule has 0 unspecified atom stereocenters. The Hall–Kier alpha value is -1.36. The molecule has 0 aliphatic rings. The van der Waals surface area contributed by atoms with Crippen molar-refractivity contribution in [3.8, 4) is 5.88 Å². The van der Waals surface area contributed by atoms with Gasteiger partial charge in [0.05, 0.1) is 19.0 Å². The number of aromatic nitrogens is 2. The van der Waals surface area contributed by atoms with Gasteiger partial charge in [-0.1, -0.05) is 6.42 Å². The second-order valence-corrected chi connectivity index (χ2v) is 3.45. The topological polar surface area (TPSA) is 73.1 Å². The van der Waals surface area contributed by atoms with E-state index in [0.29, 0.717) is 12.5 Å². The third-order valence-electron chi connectivity index (χ3n) is 2.09. The molecule has 0 atom stereocenters. The first-order valence-electron chi connectivity index (χ1n) is 5.75. The molecular weight excluding hydrogens is 204 g/mol. The van der Waals surface area contributed by atoms with E-state index in [4.69, 9.17) is 10.5 Å². The van der Waals surface area contributed by atoms with Crippen molar-refractivity contribution in [2.75, 3.05) is 25.0 Å². The number of hydrogen-bond acceptors (Lipinski definition) is 5. The van der Waals surface area contributed by atoms with Crippen molar-refractivity contribution >= 4 is 5.82 Å². The summed E-state index contributed by atoms with van der Waals surface area (Å²) in [5.41, 5.74) is 5.42. The smallest absolute Gasteiger partial charge is 0.234 e. The van der Waals surface area contributed by atoms with E-state index >= 15 is 0 Å². The van der Waals surface area contributed by atoms with Crippen LogP contribution in [0.1, 0.15) is 26.2 Å². The van der Waals surface area contributed by atoms with Gasteiger partial charge in [0.1, 0.15) is 5.82 Å². The summed E-state index contributed by atoms with van der Waals surface area (Å²) in [4.78, 5) is 8.31. The van der Waals surface area contributed by atoms with Gasteiger partial charge in [-0.25, -0.2) is 0 Å². The van der Waals surface area contributed by atoms with Crippen LogP contribution in [0.2, 0.25) is 0 Å². The number of nitrogens with one attached hydrogen (secondary N) is 1. The molecule has 5 heteroatoms. The normalized spacial score (nSPS) is 10.1. The zero-order valence-corrected chi connectivity index (χ0v) is 9.78. The van der Waals surface area contributed by atoms with E-state index in [1.54, 1.807) is 12.4 Å². The lowest BCUT2D eigenvalue weighted by molar-refractivity contribution is 0.325. The second-order valence-electron chi connectivity index (χ2n) is 3.45. The summed E-state index contributed by atoms with van der Waals surface area (Å²) >= 11 is 0. The molecule has 1 aromatic rings. The number of rotatable bonds is 8. The summed E-state index contributed by atoms with van der Waals surface area (Å²) in [7, 11) is 0. The van der Waals surface area contributed by atoms with Crippen molar-refractivity contribution in [2.24, 2.45) is 5.73 Å². The number of nitrogens with two attached hydrogens (primary N) is 1. The van der Waals surface area contributed by atoms with Crippen molar-refractivity contribution in [1.82, 2.24) is 9.97 Å². The number of anilines is 1. The molecule has 0 aromatic carbocycles. The van der Waals surface area contributed by atoms with Gasteiger partial charge in [-0.15, -0.1) is 0 Å². The van der Waals surface area contributed by atoms with Gasteiger partial charge in [-0.2, -0.15) is 4.98 Å². The molecule has 0 amide bonds. The summed E-state index contributed by atoms with van der Waals surface area (Å²) in [5.74, 6) is 1.33. The summed E-state index contributed by atoms with van der Waals surface area (Å²) < 4.78 is 5.26. The SMILES string of the molecule is CCOc1cncc(NCCCCCN)n1. The standard InChI is InChI=1S/C11H20N4O/c1-2-16-11-9-13-8-10(15-11)14-7-5-3-4-6-12/h8-9H,2-7,12H2,1H3,(H,14,15). The van der Waals surface area contributed by atoms with Crippen LogP contribution in [0.5, 0.6) is 5.88 Å². The van der Waals surface area contributed by atoms with Gasteiger partial charge < -0.3 is 15.8 Å². The Balaban J connectivity index is 2.27. The van der Waals surface area contributed by atoms with Crippen LogP contribution in [0.25, 0.3) is 0 Å². The summed E-state index contributed by atoms with van der Waals surface area (Å²) in [6, 6.07) is 0. The zero-order chi connectivity index (χ0) is 11.6. The molecule has 16 heavy (non-hydrogen) atoms. The summed E-state index contributed by atoms with van der Waals surface area (Å²) in [6.07, 6.45) is 6.63. The Kier molecular flexibility index (Phi) is 6.25. The van der Waals surface area contributed by atoms with E-state index in [1.165, 1.54) is 0 Å². The lowest BCUT2D eigenvalue weighted by atomic mass is 10.2. The van der Waals surface area contributed by atoms with E-state index in [9.17, 15) is 0 Å². The maximum absolute atomic E-state index is 5.42. The molecule has 90 valence electrons. The van der Waals surface area contributed by atoms with Crippen LogP contribution in [0, 0.1) is 0 Å². The van der Waals surface area contributed by atoms with Gasteiger partial charge in [-0.3, -0.25) is 4.98 Å². The average molecular weight is 224 g/mol. The van der Waals surface area contributed by atoms with Gasteiger partial charge in [0.2, 0.25) is 5.88 Å². The fourth-order valence-corrected chi connectivity index (χ4v) is 1.31. The lowest BCUT2D eigenvalue weighted by Gasteiger charge is -2.06. The minimum Gasteiger partial charge on any atom is -0.477 e. The predicted octanol–water partition coefficient (Wildman–Crippen LogP) is 1.42. The van der Waals surface area contributed by atoms with Crippen molar-refractivity contribution < 1.29 is 4.74 Å². The molecule has 0 aliphatic heterocycles. The van der Waals surface area contributed by atoms with Gasteiger partial charge in [0.25, 0.3) is 0 Å². The molecular formula is C11H20N4O. The van der Waals surface area contributed by atoms with Crippen molar-refractivity contribution in [3.63, 3.8) is 0 Å². The molecule has 0 saturated carbocycles. The highest BCUT2D eigenvalue weighted by Gasteiger charge is 1.97. The maximum Gasteiger partial charge on any atom is 0.234 e. The largest absolute Gasteiger partial charge is 0.477 e. The lowest BCUT2D eigenvalue weighted by Crippen LogP contribution is -2.06. The first kappa shape index (κ1) is 12.7. The fourth-order valence-electron chi connectivity index (χ4n) is 1.31. The zero-order valence-electron chi connectivity index (χ0n) is 9.78. The highest BCUT2D eigenvalue weighted by molar-refractivity contribution is 5.32. The maximum atomic E-state index is 5.42. The van der Waals surface area contributed by atoms with Crippen molar-refractivity contribution in [2.45, 2.75) is 26.2 Å². The van der Waals surface area contributed by atoms with E-state index in [0.717, 1.165) is 38.2 Å². The molecule has 1 heterocycles. The van der Waals surface area contributed by atoms with Crippen LogP contribution >= 0.6 is 0 Å². The van der Waals surface area contributed by atoms with Crippen LogP contribution in [-0.4, -0.2) is 29.7 Å². The van der Waals surface area contributed by atoms with Crippen LogP contribution in [0.3, 0.4) is 0 Å². The third-order valence-corrected chi connectivity index (χ3v) is 2.09. The second kappa shape index (κ2) is 7.87. The van der Waals surface area contributed by atoms with Gasteiger partial charge >= 0.3 is 0 Å². The molecule has 1 rings (SSSR count). The first-order chi connectivity index (χ1) is 7.86. The van der Waals surface area contributed by atoms with Crippen LogP contribution in [0.15, 0.2) is 12.4 Å². The molecule has 0 spiro atoms. The summed E-state index contributed by atoms with van der Waals surface area (Å²) in [6.45, 7) is 4.19. The minimum absolute atomic E-state index is 0.564. The minimum atomic E-state index is 0.564. The Labute approximate surface area is 96.4 Å². The Bertz CT molecular complexity index is 293. The molecule has 5 nitrogen and oxygen atoms in total. The summed E-state index contributed by atoms with van der Waals surface area (Å²) in [5, 5.41) is 3.21. The molecule has 3 N–H and O–H groups in total. The molecule has 0 radical (unpaired) electrons. The van der Waals surface area contributed by atoms with Crippen molar-refractivity contribution in [3.05, 3.63) is 12.4 Å². The van der Waals surface area contributed by atoms with E-state index in [1.807, 2.05) is 6.92 Å². The van der Waals surface area contributed by atoms with Gasteiger partial charge in [0, 0.05) is 6.54 Å². The average Bonchev–Trinajstić information content (AvgIpc) is 2.30. The van der Waals surface area contributed by atoms with E-state index in [-0.39, 0.29) is 0 Å². The van der Waals surface area contributed by atoms with Crippen LogP contribution in [0.4, 0.5) is 5.82 Å². The third kappa shape index (κ3) is 4.93. The number of nitrogens with zero attached hydrogens (tertiary/aromatic N) is 2. The van der Waals surface area contributed by atoms with Crippen LogP contribution in [-0.2, 0) is 0 Å². The highest BCUT2D eigenvalue weighted by Crippen LogP contribution is 2.08. The fraction of sp³-hybridized carbons (Fsp3) is 0.636. The Morgan fingerprint density at radius 2 is 2.19 bits per heavy atom. The number of unbranched alkanes of at least 4 members (excludes halogenated alkanes) is 2. The van der Waals surface area contributed by atoms with Crippen molar-refractivity contribution in [1.29, 1.82) is 0 Å². The molecule has 0 saturated heterocycles. The number of ether oxygens (including phenoxy) is 1. The quantitative estimate of drug-likeness (QED) is 0.653. The highest BCUT2D eigenvalue weighted by atomic mass is 16.5. The Morgan fingerprint density at radius 1 is 1.31 bits per heavy atom. The molecule has 1 aromatic heterocycles.